The first-order chi connectivity index (χ1) is 8.24. The minimum Gasteiger partial charge on any atom is -0.321 e. The molecule has 0 atom stereocenters. The normalized spacial score (nSPS) is 26.6. The molecular formula is C14H21N3. The van der Waals surface area contributed by atoms with Crippen LogP contribution in [0.25, 0.3) is 0 Å². The van der Waals surface area contributed by atoms with E-state index in [1.807, 2.05) is 14.0 Å². The van der Waals surface area contributed by atoms with E-state index in [0.717, 1.165) is 11.5 Å². The molecule has 0 unspecified atom stereocenters. The second kappa shape index (κ2) is 4.86. The van der Waals surface area contributed by atoms with Gasteiger partial charge >= 0.3 is 0 Å². The van der Waals surface area contributed by atoms with Crippen molar-refractivity contribution >= 4 is 12.1 Å². The predicted molar refractivity (Wildman–Crippen MR) is 72.7 cm³/mol. The molecule has 92 valence electrons. The Kier molecular flexibility index (Phi) is 3.46. The van der Waals surface area contributed by atoms with E-state index >= 15 is 0 Å². The van der Waals surface area contributed by atoms with E-state index in [9.17, 15) is 0 Å². The van der Waals surface area contributed by atoms with Crippen molar-refractivity contribution in [3.63, 3.8) is 0 Å². The van der Waals surface area contributed by atoms with Gasteiger partial charge in [-0.05, 0) is 32.3 Å². The highest BCUT2D eigenvalue weighted by Crippen LogP contribution is 2.35. The molecule has 1 aliphatic carbocycles. The van der Waals surface area contributed by atoms with Gasteiger partial charge in [-0.3, -0.25) is 4.99 Å². The Balaban J connectivity index is 2.44. The van der Waals surface area contributed by atoms with Crippen LogP contribution in [0, 0.1) is 5.41 Å². The third kappa shape index (κ3) is 1.84. The van der Waals surface area contributed by atoms with E-state index in [4.69, 9.17) is 5.41 Å². The van der Waals surface area contributed by atoms with Crippen LogP contribution in [-0.4, -0.2) is 30.0 Å². The zero-order chi connectivity index (χ0) is 12.4. The Morgan fingerprint density at radius 2 is 2.00 bits per heavy atom. The Labute approximate surface area is 103 Å². The van der Waals surface area contributed by atoms with E-state index in [2.05, 4.69) is 22.9 Å². The Hall–Kier alpha value is -1.38. The van der Waals surface area contributed by atoms with Gasteiger partial charge in [0.2, 0.25) is 0 Å². The van der Waals surface area contributed by atoms with Crippen LogP contribution in [0.4, 0.5) is 0 Å². The summed E-state index contributed by atoms with van der Waals surface area (Å²) in [5.41, 5.74) is 3.42. The average Bonchev–Trinajstić information content (AvgIpc) is 2.93. The Morgan fingerprint density at radius 1 is 1.35 bits per heavy atom. The van der Waals surface area contributed by atoms with Crippen molar-refractivity contribution in [2.24, 2.45) is 4.99 Å². The van der Waals surface area contributed by atoms with Crippen LogP contribution in [0.3, 0.4) is 0 Å². The maximum Gasteiger partial charge on any atom is 0.135 e. The van der Waals surface area contributed by atoms with Crippen LogP contribution in [0.15, 0.2) is 27.9 Å². The van der Waals surface area contributed by atoms with Crippen LogP contribution in [0.2, 0.25) is 0 Å². The molecule has 0 aromatic heterocycles. The molecule has 1 saturated carbocycles. The predicted octanol–water partition coefficient (Wildman–Crippen LogP) is 3.14. The summed E-state index contributed by atoms with van der Waals surface area (Å²) < 4.78 is 0. The van der Waals surface area contributed by atoms with Gasteiger partial charge in [0.15, 0.2) is 0 Å². The van der Waals surface area contributed by atoms with Gasteiger partial charge in [0.25, 0.3) is 0 Å². The number of aliphatic imine (C=N–C) groups is 1. The molecule has 1 aliphatic heterocycles. The lowest BCUT2D eigenvalue weighted by Crippen LogP contribution is -2.35. The number of hydrogen-bond donors (Lipinski definition) is 1. The van der Waals surface area contributed by atoms with Gasteiger partial charge in [-0.15, -0.1) is 0 Å². The van der Waals surface area contributed by atoms with Gasteiger partial charge in [-0.25, -0.2) is 0 Å². The summed E-state index contributed by atoms with van der Waals surface area (Å²) in [6.07, 6.45) is 8.63. The van der Waals surface area contributed by atoms with Gasteiger partial charge in [0, 0.05) is 24.9 Å². The maximum atomic E-state index is 7.65. The molecule has 1 fully saturated rings. The number of nitrogens with one attached hydrogen (secondary N) is 1. The summed E-state index contributed by atoms with van der Waals surface area (Å²) in [4.78, 5) is 6.73. The second-order valence-electron chi connectivity index (χ2n) is 4.71. The molecule has 0 saturated heterocycles. The summed E-state index contributed by atoms with van der Waals surface area (Å²) in [6.45, 7) is 4.14. The van der Waals surface area contributed by atoms with Crippen LogP contribution in [0.5, 0.6) is 0 Å². The Bertz CT molecular complexity index is 409. The zero-order valence-electron chi connectivity index (χ0n) is 11.0. The zero-order valence-corrected chi connectivity index (χ0v) is 11.0. The van der Waals surface area contributed by atoms with Crippen molar-refractivity contribution in [1.82, 2.24) is 4.90 Å². The highest BCUT2D eigenvalue weighted by Gasteiger charge is 2.35. The molecule has 1 N–H and O–H groups in total. The average molecular weight is 231 g/mol. The summed E-state index contributed by atoms with van der Waals surface area (Å²) in [5.74, 6) is 1.05. The molecule has 0 aromatic rings. The van der Waals surface area contributed by atoms with Gasteiger partial charge in [0.05, 0.1) is 5.70 Å². The molecular weight excluding hydrogens is 210 g/mol. The lowest BCUT2D eigenvalue weighted by Gasteiger charge is -2.27. The third-order valence-corrected chi connectivity index (χ3v) is 3.84. The molecule has 0 bridgehead atoms. The first-order valence-corrected chi connectivity index (χ1v) is 6.39. The van der Waals surface area contributed by atoms with E-state index in [0.29, 0.717) is 6.04 Å². The number of amidine groups is 1. The highest BCUT2D eigenvalue weighted by atomic mass is 15.2. The fourth-order valence-corrected chi connectivity index (χ4v) is 3.01. The minimum absolute atomic E-state index is 0.540. The Morgan fingerprint density at radius 3 is 2.47 bits per heavy atom. The summed E-state index contributed by atoms with van der Waals surface area (Å²) >= 11 is 0. The largest absolute Gasteiger partial charge is 0.321 e. The molecule has 0 radical (unpaired) electrons. The first-order valence-electron chi connectivity index (χ1n) is 6.39. The van der Waals surface area contributed by atoms with Crippen molar-refractivity contribution in [3.8, 4) is 0 Å². The summed E-state index contributed by atoms with van der Waals surface area (Å²) in [6, 6.07) is 0.540. The molecule has 17 heavy (non-hydrogen) atoms. The highest BCUT2D eigenvalue weighted by molar-refractivity contribution is 6.10. The van der Waals surface area contributed by atoms with E-state index in [1.165, 1.54) is 43.0 Å². The van der Waals surface area contributed by atoms with Crippen molar-refractivity contribution in [2.75, 3.05) is 7.05 Å². The summed E-state index contributed by atoms with van der Waals surface area (Å²) in [5, 5.41) is 7.65. The minimum atomic E-state index is 0.540. The SMILES string of the molecule is C/C=C1\C(=NC)N(C2CCCC2)C(C=N)=C1C. The molecule has 0 amide bonds. The molecule has 3 heteroatoms. The standard InChI is InChI=1S/C14H21N3/c1-4-12-10(2)13(9-15)17(14(12)16-3)11-7-5-6-8-11/h4,9,11,15H,5-8H2,1-3H3/b12-4-,15-9?,16-14?. The molecule has 0 spiro atoms. The molecule has 0 aromatic carbocycles. The van der Waals surface area contributed by atoms with E-state index < -0.39 is 0 Å². The second-order valence-corrected chi connectivity index (χ2v) is 4.71. The van der Waals surface area contributed by atoms with Crippen molar-refractivity contribution in [2.45, 2.75) is 45.6 Å². The fourth-order valence-electron chi connectivity index (χ4n) is 3.01. The number of allylic oxidation sites excluding steroid dienone is 2. The quantitative estimate of drug-likeness (QED) is 0.729. The van der Waals surface area contributed by atoms with Crippen LogP contribution >= 0.6 is 0 Å². The molecule has 2 rings (SSSR count). The molecule has 3 nitrogen and oxygen atoms in total. The lowest BCUT2D eigenvalue weighted by molar-refractivity contribution is 0.400. The monoisotopic (exact) mass is 231 g/mol. The number of hydrogen-bond acceptors (Lipinski definition) is 2. The van der Waals surface area contributed by atoms with Crippen LogP contribution in [0.1, 0.15) is 39.5 Å². The smallest absolute Gasteiger partial charge is 0.135 e. The van der Waals surface area contributed by atoms with Crippen molar-refractivity contribution in [3.05, 3.63) is 22.9 Å². The number of rotatable bonds is 2. The van der Waals surface area contributed by atoms with Gasteiger partial charge in [0.1, 0.15) is 5.84 Å². The van der Waals surface area contributed by atoms with Gasteiger partial charge < -0.3 is 10.3 Å². The molecule has 2 aliphatic rings. The van der Waals surface area contributed by atoms with E-state index in [-0.39, 0.29) is 0 Å². The van der Waals surface area contributed by atoms with Gasteiger partial charge in [-0.1, -0.05) is 18.9 Å². The fraction of sp³-hybridized carbons (Fsp3) is 0.571. The summed E-state index contributed by atoms with van der Waals surface area (Å²) in [7, 11) is 1.85. The maximum absolute atomic E-state index is 7.65. The third-order valence-electron chi connectivity index (χ3n) is 3.84. The molecule has 1 heterocycles. The van der Waals surface area contributed by atoms with Crippen molar-refractivity contribution < 1.29 is 0 Å². The lowest BCUT2D eigenvalue weighted by atomic mass is 10.1. The van der Waals surface area contributed by atoms with E-state index in [1.54, 1.807) is 0 Å². The van der Waals surface area contributed by atoms with Gasteiger partial charge in [-0.2, -0.15) is 0 Å². The number of nitrogens with zero attached hydrogens (tertiary/aromatic N) is 2. The van der Waals surface area contributed by atoms with Crippen LogP contribution < -0.4 is 0 Å². The van der Waals surface area contributed by atoms with Crippen LogP contribution in [-0.2, 0) is 0 Å². The van der Waals surface area contributed by atoms with Crippen molar-refractivity contribution in [1.29, 1.82) is 5.41 Å². The first kappa shape index (κ1) is 12.1. The topological polar surface area (TPSA) is 39.5 Å².